The average Bonchev–Trinajstić information content (AvgIpc) is 2.88. The smallest absolute Gasteiger partial charge is 0.254 e. The molecular formula is C17H25NO4S. The molecule has 1 atom stereocenters. The first-order valence-corrected chi connectivity index (χ1v) is 9.88. The molecule has 128 valence electrons. The highest BCUT2D eigenvalue weighted by Crippen LogP contribution is 2.21. The Morgan fingerprint density at radius 2 is 2.17 bits per heavy atom. The molecule has 1 aromatic carbocycles. The highest BCUT2D eigenvalue weighted by molar-refractivity contribution is 7.91. The van der Waals surface area contributed by atoms with Crippen molar-refractivity contribution in [2.24, 2.45) is 0 Å². The van der Waals surface area contributed by atoms with Gasteiger partial charge in [0.15, 0.2) is 9.84 Å². The van der Waals surface area contributed by atoms with Crippen LogP contribution in [0.3, 0.4) is 0 Å². The summed E-state index contributed by atoms with van der Waals surface area (Å²) in [6.07, 6.45) is 2.38. The monoisotopic (exact) mass is 339 g/mol. The zero-order chi connectivity index (χ0) is 16.9. The van der Waals surface area contributed by atoms with Crippen LogP contribution in [0.2, 0.25) is 0 Å². The fourth-order valence-electron chi connectivity index (χ4n) is 2.93. The minimum atomic E-state index is -3.01. The lowest BCUT2D eigenvalue weighted by Gasteiger charge is -2.28. The minimum absolute atomic E-state index is 0.0835. The minimum Gasteiger partial charge on any atom is -0.380 e. The van der Waals surface area contributed by atoms with Crippen molar-refractivity contribution < 1.29 is 17.9 Å². The highest BCUT2D eigenvalue weighted by Gasteiger charge is 2.34. The second-order valence-electron chi connectivity index (χ2n) is 6.04. The van der Waals surface area contributed by atoms with Gasteiger partial charge in [0.05, 0.1) is 18.1 Å². The van der Waals surface area contributed by atoms with Gasteiger partial charge in [0.1, 0.15) is 0 Å². The number of carbonyl (C=O) groups is 1. The van der Waals surface area contributed by atoms with Crippen LogP contribution in [0.25, 0.3) is 0 Å². The van der Waals surface area contributed by atoms with Gasteiger partial charge >= 0.3 is 0 Å². The zero-order valence-corrected chi connectivity index (χ0v) is 14.6. The normalized spacial score (nSPS) is 19.7. The van der Waals surface area contributed by atoms with Crippen molar-refractivity contribution in [3.05, 3.63) is 35.4 Å². The van der Waals surface area contributed by atoms with Gasteiger partial charge < -0.3 is 9.64 Å². The molecular weight excluding hydrogens is 314 g/mol. The molecule has 1 fully saturated rings. The van der Waals surface area contributed by atoms with Crippen LogP contribution in [0.15, 0.2) is 24.3 Å². The maximum atomic E-state index is 12.9. The summed E-state index contributed by atoms with van der Waals surface area (Å²) >= 11 is 0. The number of rotatable bonds is 7. The summed E-state index contributed by atoms with van der Waals surface area (Å²) in [5, 5.41) is 0. The molecule has 0 radical (unpaired) electrons. The van der Waals surface area contributed by atoms with Gasteiger partial charge in [-0.15, -0.1) is 0 Å². The zero-order valence-electron chi connectivity index (χ0n) is 13.8. The Morgan fingerprint density at radius 1 is 1.39 bits per heavy atom. The van der Waals surface area contributed by atoms with Crippen LogP contribution in [0.1, 0.15) is 42.1 Å². The molecule has 23 heavy (non-hydrogen) atoms. The van der Waals surface area contributed by atoms with E-state index in [0.29, 0.717) is 25.1 Å². The molecule has 2 rings (SSSR count). The first kappa shape index (κ1) is 17.9. The fraction of sp³-hybridized carbons (Fsp3) is 0.588. The van der Waals surface area contributed by atoms with Gasteiger partial charge in [-0.3, -0.25) is 4.79 Å². The van der Waals surface area contributed by atoms with Crippen molar-refractivity contribution in [3.8, 4) is 0 Å². The van der Waals surface area contributed by atoms with Gasteiger partial charge in [0.2, 0.25) is 0 Å². The van der Waals surface area contributed by atoms with E-state index < -0.39 is 9.84 Å². The summed E-state index contributed by atoms with van der Waals surface area (Å²) < 4.78 is 28.6. The molecule has 6 heteroatoms. The van der Waals surface area contributed by atoms with Crippen LogP contribution < -0.4 is 0 Å². The van der Waals surface area contributed by atoms with E-state index in [0.717, 1.165) is 18.4 Å². The summed E-state index contributed by atoms with van der Waals surface area (Å²) in [6.45, 7) is 3.12. The van der Waals surface area contributed by atoms with E-state index in [4.69, 9.17) is 4.74 Å². The van der Waals surface area contributed by atoms with Crippen LogP contribution in [0.4, 0.5) is 0 Å². The van der Waals surface area contributed by atoms with E-state index in [-0.39, 0.29) is 23.5 Å². The molecule has 0 N–H and O–H groups in total. The van der Waals surface area contributed by atoms with E-state index in [1.807, 2.05) is 18.2 Å². The molecule has 1 saturated heterocycles. The first-order chi connectivity index (χ1) is 11.0. The largest absolute Gasteiger partial charge is 0.380 e. The number of unbranched alkanes of at least 4 members (excludes halogenated alkanes) is 1. The number of benzene rings is 1. The van der Waals surface area contributed by atoms with E-state index in [1.165, 1.54) is 0 Å². The number of sulfone groups is 1. The van der Waals surface area contributed by atoms with Crippen molar-refractivity contribution in [2.45, 2.75) is 38.8 Å². The molecule has 0 aliphatic carbocycles. The number of methoxy groups -OCH3 is 1. The van der Waals surface area contributed by atoms with Crippen molar-refractivity contribution in [1.29, 1.82) is 0 Å². The Kier molecular flexibility index (Phi) is 6.18. The van der Waals surface area contributed by atoms with Gasteiger partial charge in [-0.1, -0.05) is 25.5 Å². The van der Waals surface area contributed by atoms with Crippen LogP contribution in [-0.2, 0) is 21.2 Å². The molecule has 1 unspecified atom stereocenters. The summed E-state index contributed by atoms with van der Waals surface area (Å²) in [5.74, 6) is 0.177. The van der Waals surface area contributed by atoms with Crippen molar-refractivity contribution in [2.75, 3.05) is 25.2 Å². The van der Waals surface area contributed by atoms with Gasteiger partial charge in [-0.2, -0.15) is 0 Å². The number of carbonyl (C=O) groups excluding carboxylic acids is 1. The SMILES string of the molecule is CCCCN(C(=O)c1cccc(COC)c1)C1CCS(=O)(=O)C1. The van der Waals surface area contributed by atoms with Gasteiger partial charge in [0, 0.05) is 25.3 Å². The molecule has 1 aliphatic rings. The van der Waals surface area contributed by atoms with E-state index in [2.05, 4.69) is 6.92 Å². The van der Waals surface area contributed by atoms with Crippen LogP contribution >= 0.6 is 0 Å². The predicted octanol–water partition coefficient (Wildman–Crippen LogP) is 2.26. The lowest BCUT2D eigenvalue weighted by molar-refractivity contribution is 0.0694. The summed E-state index contributed by atoms with van der Waals surface area (Å²) in [4.78, 5) is 14.6. The van der Waals surface area contributed by atoms with Crippen molar-refractivity contribution in [3.63, 3.8) is 0 Å². The molecule has 1 heterocycles. The highest BCUT2D eigenvalue weighted by atomic mass is 32.2. The molecule has 1 aliphatic heterocycles. The standard InChI is InChI=1S/C17H25NO4S/c1-3-4-9-18(16-8-10-23(20,21)13-16)17(19)15-7-5-6-14(11-15)12-22-2/h5-7,11,16H,3-4,8-10,12-13H2,1-2H3. The average molecular weight is 339 g/mol. The third-order valence-electron chi connectivity index (χ3n) is 4.15. The molecule has 0 aromatic heterocycles. The van der Waals surface area contributed by atoms with Gasteiger partial charge in [-0.25, -0.2) is 8.42 Å². The summed E-state index contributed by atoms with van der Waals surface area (Å²) in [7, 11) is -1.40. The third kappa shape index (κ3) is 4.78. The first-order valence-electron chi connectivity index (χ1n) is 8.06. The van der Waals surface area contributed by atoms with Gasteiger partial charge in [-0.05, 0) is 30.5 Å². The third-order valence-corrected chi connectivity index (χ3v) is 5.90. The number of ether oxygens (including phenoxy) is 1. The number of amides is 1. The maximum Gasteiger partial charge on any atom is 0.254 e. The number of hydrogen-bond donors (Lipinski definition) is 0. The van der Waals surface area contributed by atoms with Gasteiger partial charge in [0.25, 0.3) is 5.91 Å². The molecule has 5 nitrogen and oxygen atoms in total. The van der Waals surface area contributed by atoms with Crippen LogP contribution in [-0.4, -0.2) is 50.4 Å². The van der Waals surface area contributed by atoms with E-state index in [1.54, 1.807) is 18.1 Å². The van der Waals surface area contributed by atoms with E-state index >= 15 is 0 Å². The van der Waals surface area contributed by atoms with Crippen LogP contribution in [0, 0.1) is 0 Å². The summed E-state index contributed by atoms with van der Waals surface area (Å²) in [6, 6.07) is 7.16. The topological polar surface area (TPSA) is 63.7 Å². The molecule has 0 saturated carbocycles. The maximum absolute atomic E-state index is 12.9. The summed E-state index contributed by atoms with van der Waals surface area (Å²) in [5.41, 5.74) is 1.53. The lowest BCUT2D eigenvalue weighted by atomic mass is 10.1. The molecule has 1 amide bonds. The van der Waals surface area contributed by atoms with Crippen molar-refractivity contribution in [1.82, 2.24) is 4.90 Å². The predicted molar refractivity (Wildman–Crippen MR) is 90.2 cm³/mol. The van der Waals surface area contributed by atoms with Crippen molar-refractivity contribution >= 4 is 15.7 Å². The quantitative estimate of drug-likeness (QED) is 0.764. The number of hydrogen-bond acceptors (Lipinski definition) is 4. The Morgan fingerprint density at radius 3 is 2.78 bits per heavy atom. The molecule has 0 spiro atoms. The Hall–Kier alpha value is -1.40. The van der Waals surface area contributed by atoms with Crippen LogP contribution in [0.5, 0.6) is 0 Å². The lowest BCUT2D eigenvalue weighted by Crippen LogP contribution is -2.41. The second-order valence-corrected chi connectivity index (χ2v) is 8.27. The fourth-order valence-corrected chi connectivity index (χ4v) is 4.66. The van der Waals surface area contributed by atoms with E-state index in [9.17, 15) is 13.2 Å². The Balaban J connectivity index is 2.21. The molecule has 1 aromatic rings. The number of nitrogens with zero attached hydrogens (tertiary/aromatic N) is 1. The second kappa shape index (κ2) is 7.93. The Bertz CT molecular complexity index is 642. The Labute approximate surface area is 138 Å². The molecule has 0 bridgehead atoms.